The Kier molecular flexibility index (Phi) is 3.62. The molecule has 0 aliphatic heterocycles. The molecule has 0 amide bonds. The molecule has 19 heavy (non-hydrogen) atoms. The van der Waals surface area contributed by atoms with Gasteiger partial charge in [-0.15, -0.1) is 11.3 Å². The summed E-state index contributed by atoms with van der Waals surface area (Å²) < 4.78 is 1.35. The van der Waals surface area contributed by atoms with E-state index in [1.165, 1.54) is 15.6 Å². The summed E-state index contributed by atoms with van der Waals surface area (Å²) in [4.78, 5) is 0. The minimum absolute atomic E-state index is 0.378. The molecule has 0 spiro atoms. The van der Waals surface area contributed by atoms with Crippen LogP contribution in [0.5, 0.6) is 0 Å². The summed E-state index contributed by atoms with van der Waals surface area (Å²) in [5, 5.41) is 13.6. The van der Waals surface area contributed by atoms with E-state index in [1.54, 1.807) is 11.3 Å². The molecule has 3 rings (SSSR count). The number of thiophene rings is 1. The van der Waals surface area contributed by atoms with Crippen molar-refractivity contribution in [1.29, 1.82) is 0 Å². The fourth-order valence-corrected chi connectivity index (χ4v) is 3.33. The maximum atomic E-state index is 10.2. The van der Waals surface area contributed by atoms with Crippen LogP contribution in [-0.4, -0.2) is 5.11 Å². The monoisotopic (exact) mass is 268 g/mol. The first-order valence-corrected chi connectivity index (χ1v) is 7.40. The van der Waals surface area contributed by atoms with Crippen LogP contribution in [0.4, 0.5) is 0 Å². The van der Waals surface area contributed by atoms with Crippen LogP contribution in [0.3, 0.4) is 0 Å². The third-order valence-electron chi connectivity index (χ3n) is 3.43. The van der Waals surface area contributed by atoms with E-state index in [1.807, 2.05) is 30.3 Å². The van der Waals surface area contributed by atoms with Crippen molar-refractivity contribution in [2.24, 2.45) is 0 Å². The van der Waals surface area contributed by atoms with Crippen molar-refractivity contribution in [3.05, 3.63) is 71.1 Å². The van der Waals surface area contributed by atoms with Crippen molar-refractivity contribution in [2.75, 3.05) is 0 Å². The van der Waals surface area contributed by atoms with Crippen LogP contribution >= 0.6 is 11.3 Å². The third-order valence-corrected chi connectivity index (χ3v) is 4.44. The molecule has 2 aromatic carbocycles. The smallest absolute Gasteiger partial charge is 0.0793 e. The van der Waals surface area contributed by atoms with Crippen LogP contribution in [0.1, 0.15) is 23.7 Å². The summed E-state index contributed by atoms with van der Waals surface area (Å²) in [5.74, 6) is 0. The molecule has 1 atom stereocenters. The van der Waals surface area contributed by atoms with Crippen molar-refractivity contribution < 1.29 is 5.11 Å². The molecule has 1 aromatic heterocycles. The van der Waals surface area contributed by atoms with E-state index in [0.29, 0.717) is 0 Å². The molecule has 1 unspecified atom stereocenters. The SMILES string of the molecule is OC(CCc1cccc2ccsc12)c1ccccc1. The molecule has 0 radical (unpaired) electrons. The summed E-state index contributed by atoms with van der Waals surface area (Å²) in [6.45, 7) is 0. The Balaban J connectivity index is 1.74. The zero-order valence-corrected chi connectivity index (χ0v) is 11.4. The lowest BCUT2D eigenvalue weighted by Gasteiger charge is -2.11. The van der Waals surface area contributed by atoms with Crippen LogP contribution in [-0.2, 0) is 6.42 Å². The van der Waals surface area contributed by atoms with Gasteiger partial charge < -0.3 is 5.11 Å². The van der Waals surface area contributed by atoms with Gasteiger partial charge in [-0.2, -0.15) is 0 Å². The zero-order valence-electron chi connectivity index (χ0n) is 10.6. The van der Waals surface area contributed by atoms with Crippen molar-refractivity contribution in [3.63, 3.8) is 0 Å². The Hall–Kier alpha value is -1.64. The van der Waals surface area contributed by atoms with Crippen molar-refractivity contribution in [2.45, 2.75) is 18.9 Å². The number of hydrogen-bond donors (Lipinski definition) is 1. The number of rotatable bonds is 4. The van der Waals surface area contributed by atoms with Gasteiger partial charge in [-0.25, -0.2) is 0 Å². The molecule has 0 saturated carbocycles. The molecule has 3 aromatic rings. The standard InChI is InChI=1S/C17H16OS/c18-16(13-5-2-1-3-6-13)10-9-14-7-4-8-15-11-12-19-17(14)15/h1-8,11-12,16,18H,9-10H2. The molecule has 1 heterocycles. The first-order valence-electron chi connectivity index (χ1n) is 6.53. The highest BCUT2D eigenvalue weighted by atomic mass is 32.1. The van der Waals surface area contributed by atoms with Gasteiger partial charge in [0.15, 0.2) is 0 Å². The summed E-state index contributed by atoms with van der Waals surface area (Å²) in [6, 6.07) is 18.4. The quantitative estimate of drug-likeness (QED) is 0.735. The molecule has 2 heteroatoms. The highest BCUT2D eigenvalue weighted by Gasteiger charge is 2.09. The molecule has 0 aliphatic carbocycles. The van der Waals surface area contributed by atoms with Gasteiger partial charge in [-0.1, -0.05) is 48.5 Å². The van der Waals surface area contributed by atoms with Gasteiger partial charge in [0.1, 0.15) is 0 Å². The van der Waals surface area contributed by atoms with E-state index in [4.69, 9.17) is 0 Å². The second-order valence-corrected chi connectivity index (χ2v) is 5.64. The number of benzene rings is 2. The van der Waals surface area contributed by atoms with Gasteiger partial charge in [0, 0.05) is 4.70 Å². The predicted octanol–water partition coefficient (Wildman–Crippen LogP) is 4.57. The highest BCUT2D eigenvalue weighted by molar-refractivity contribution is 7.17. The highest BCUT2D eigenvalue weighted by Crippen LogP contribution is 2.27. The fraction of sp³-hybridized carbons (Fsp3) is 0.176. The van der Waals surface area contributed by atoms with Crippen molar-refractivity contribution in [3.8, 4) is 0 Å². The Morgan fingerprint density at radius 2 is 1.79 bits per heavy atom. The number of aliphatic hydroxyl groups excluding tert-OH is 1. The van der Waals surface area contributed by atoms with Gasteiger partial charge in [0.2, 0.25) is 0 Å². The van der Waals surface area contributed by atoms with Crippen LogP contribution in [0.25, 0.3) is 10.1 Å². The van der Waals surface area contributed by atoms with Crippen molar-refractivity contribution in [1.82, 2.24) is 0 Å². The molecule has 0 bridgehead atoms. The largest absolute Gasteiger partial charge is 0.388 e. The van der Waals surface area contributed by atoms with Gasteiger partial charge in [-0.05, 0) is 40.8 Å². The molecular weight excluding hydrogens is 252 g/mol. The molecule has 0 fully saturated rings. The molecule has 1 nitrogen and oxygen atoms in total. The number of hydrogen-bond acceptors (Lipinski definition) is 2. The van der Waals surface area contributed by atoms with Crippen LogP contribution in [0.15, 0.2) is 60.0 Å². The molecule has 0 saturated heterocycles. The molecule has 1 N–H and O–H groups in total. The van der Waals surface area contributed by atoms with Crippen LogP contribution in [0, 0.1) is 0 Å². The van der Waals surface area contributed by atoms with E-state index in [-0.39, 0.29) is 6.10 Å². The lowest BCUT2D eigenvalue weighted by Crippen LogP contribution is -1.99. The Bertz CT molecular complexity index is 657. The van der Waals surface area contributed by atoms with E-state index in [2.05, 4.69) is 29.6 Å². The predicted molar refractivity (Wildman–Crippen MR) is 81.5 cm³/mol. The average Bonchev–Trinajstić information content (AvgIpc) is 2.94. The Labute approximate surface area is 117 Å². The topological polar surface area (TPSA) is 20.2 Å². The summed E-state index contributed by atoms with van der Waals surface area (Å²) in [6.07, 6.45) is 1.30. The summed E-state index contributed by atoms with van der Waals surface area (Å²) >= 11 is 1.78. The van der Waals surface area contributed by atoms with Crippen LogP contribution in [0.2, 0.25) is 0 Å². The van der Waals surface area contributed by atoms with E-state index >= 15 is 0 Å². The van der Waals surface area contributed by atoms with E-state index in [0.717, 1.165) is 18.4 Å². The lowest BCUT2D eigenvalue weighted by atomic mass is 10.0. The Morgan fingerprint density at radius 3 is 2.63 bits per heavy atom. The molecule has 0 aliphatic rings. The minimum Gasteiger partial charge on any atom is -0.388 e. The summed E-state index contributed by atoms with van der Waals surface area (Å²) in [5.41, 5.74) is 2.34. The van der Waals surface area contributed by atoms with Gasteiger partial charge in [-0.3, -0.25) is 0 Å². The van der Waals surface area contributed by atoms with Gasteiger partial charge in [0.05, 0.1) is 6.10 Å². The minimum atomic E-state index is -0.378. The second-order valence-electron chi connectivity index (χ2n) is 4.72. The number of aliphatic hydroxyl groups is 1. The molecule has 96 valence electrons. The number of fused-ring (bicyclic) bond motifs is 1. The normalized spacial score (nSPS) is 12.7. The summed E-state index contributed by atoms with van der Waals surface area (Å²) in [7, 11) is 0. The van der Waals surface area contributed by atoms with Gasteiger partial charge >= 0.3 is 0 Å². The van der Waals surface area contributed by atoms with Crippen molar-refractivity contribution >= 4 is 21.4 Å². The first kappa shape index (κ1) is 12.4. The maximum Gasteiger partial charge on any atom is 0.0793 e. The third kappa shape index (κ3) is 2.70. The zero-order chi connectivity index (χ0) is 13.1. The average molecular weight is 268 g/mol. The van der Waals surface area contributed by atoms with Gasteiger partial charge in [0.25, 0.3) is 0 Å². The van der Waals surface area contributed by atoms with E-state index < -0.39 is 0 Å². The van der Waals surface area contributed by atoms with E-state index in [9.17, 15) is 5.11 Å². The Morgan fingerprint density at radius 1 is 0.947 bits per heavy atom. The van der Waals surface area contributed by atoms with Crippen LogP contribution < -0.4 is 0 Å². The number of aryl methyl sites for hydroxylation is 1. The maximum absolute atomic E-state index is 10.2. The first-order chi connectivity index (χ1) is 9.34. The second kappa shape index (κ2) is 5.55. The molecular formula is C17H16OS. The lowest BCUT2D eigenvalue weighted by molar-refractivity contribution is 0.168. The fourth-order valence-electron chi connectivity index (χ4n) is 2.39.